The molecule has 2 atom stereocenters. The van der Waals surface area contributed by atoms with Crippen LogP contribution in [0.2, 0.25) is 0 Å². The molecular formula is C25H27NO4S2. The number of thioether (sulfide) groups is 1. The molecule has 0 radical (unpaired) electrons. The SMILES string of the molecule is CCSCCOC(=O)C1=C(C)NC2=C(C(=O)CC(c3cccs3)C2)C1c1cccc(O)c1. The summed E-state index contributed by atoms with van der Waals surface area (Å²) in [5.74, 6) is 0.987. The van der Waals surface area contributed by atoms with Crippen molar-refractivity contribution < 1.29 is 19.4 Å². The molecule has 1 aliphatic heterocycles. The summed E-state index contributed by atoms with van der Waals surface area (Å²) in [4.78, 5) is 27.8. The van der Waals surface area contributed by atoms with Gasteiger partial charge in [-0.05, 0) is 48.2 Å². The first kappa shape index (κ1) is 22.7. The van der Waals surface area contributed by atoms with Crippen molar-refractivity contribution in [1.82, 2.24) is 5.32 Å². The number of aromatic hydroxyl groups is 1. The second-order valence-corrected chi connectivity index (χ2v) is 10.3. The van der Waals surface area contributed by atoms with Gasteiger partial charge in [-0.2, -0.15) is 11.8 Å². The quantitative estimate of drug-likeness (QED) is 0.433. The third kappa shape index (κ3) is 4.64. The molecule has 0 saturated carbocycles. The molecular weight excluding hydrogens is 442 g/mol. The van der Waals surface area contributed by atoms with Gasteiger partial charge in [-0.3, -0.25) is 4.79 Å². The van der Waals surface area contributed by atoms with E-state index in [1.54, 1.807) is 41.3 Å². The predicted octanol–water partition coefficient (Wildman–Crippen LogP) is 5.11. The molecule has 2 N–H and O–H groups in total. The Hall–Kier alpha value is -2.51. The topological polar surface area (TPSA) is 75.6 Å². The van der Waals surface area contributed by atoms with Gasteiger partial charge in [0.1, 0.15) is 12.4 Å². The van der Waals surface area contributed by atoms with Crippen molar-refractivity contribution in [1.29, 1.82) is 0 Å². The summed E-state index contributed by atoms with van der Waals surface area (Å²) in [5, 5.41) is 15.5. The number of thiophene rings is 1. The standard InChI is InChI=1S/C25H27NO4S2/c1-3-31-11-9-30-25(29)22-15(2)26-19-13-17(21-8-5-10-32-21)14-20(28)24(19)23(22)16-6-4-7-18(27)12-16/h4-8,10,12,17,23,26-27H,3,9,11,13-14H2,1-2H3. The number of Topliss-reactive ketones (excluding diaryl/α,β-unsaturated/α-hetero) is 1. The minimum atomic E-state index is -0.554. The van der Waals surface area contributed by atoms with Gasteiger partial charge in [0.2, 0.25) is 0 Å². The third-order valence-electron chi connectivity index (χ3n) is 5.86. The molecule has 0 fully saturated rings. The lowest BCUT2D eigenvalue weighted by atomic mass is 9.72. The maximum atomic E-state index is 13.4. The number of allylic oxidation sites excluding steroid dienone is 3. The van der Waals surface area contributed by atoms with E-state index in [0.29, 0.717) is 36.3 Å². The molecule has 2 heterocycles. The first-order valence-corrected chi connectivity index (χ1v) is 12.8. The van der Waals surface area contributed by atoms with Crippen molar-refractivity contribution in [2.45, 2.75) is 38.5 Å². The van der Waals surface area contributed by atoms with Crippen molar-refractivity contribution in [2.24, 2.45) is 0 Å². The van der Waals surface area contributed by atoms with Gasteiger partial charge in [0, 0.05) is 45.9 Å². The number of esters is 1. The number of carbonyl (C=O) groups excluding carboxylic acids is 2. The molecule has 5 nitrogen and oxygen atoms in total. The van der Waals surface area contributed by atoms with Crippen LogP contribution in [0.5, 0.6) is 5.75 Å². The predicted molar refractivity (Wildman–Crippen MR) is 129 cm³/mol. The fourth-order valence-corrected chi connectivity index (χ4v) is 5.81. The zero-order valence-electron chi connectivity index (χ0n) is 18.2. The summed E-state index contributed by atoms with van der Waals surface area (Å²) in [7, 11) is 0. The monoisotopic (exact) mass is 469 g/mol. The van der Waals surface area contributed by atoms with Crippen LogP contribution in [-0.4, -0.2) is 35.0 Å². The number of dihydropyridines is 1. The van der Waals surface area contributed by atoms with Crippen LogP contribution in [0, 0.1) is 0 Å². The molecule has 1 aliphatic carbocycles. The fraction of sp³-hybridized carbons (Fsp3) is 0.360. The normalized spacial score (nSPS) is 20.8. The Balaban J connectivity index is 1.71. The Bertz CT molecular complexity index is 1070. The summed E-state index contributed by atoms with van der Waals surface area (Å²) in [6.45, 7) is 4.24. The average molecular weight is 470 g/mol. The van der Waals surface area contributed by atoms with Crippen molar-refractivity contribution in [3.8, 4) is 5.75 Å². The van der Waals surface area contributed by atoms with Gasteiger partial charge < -0.3 is 15.2 Å². The molecule has 4 rings (SSSR count). The Morgan fingerprint density at radius 1 is 1.28 bits per heavy atom. The van der Waals surface area contributed by atoms with Crippen LogP contribution in [0.1, 0.15) is 49.0 Å². The van der Waals surface area contributed by atoms with Crippen LogP contribution >= 0.6 is 23.1 Å². The van der Waals surface area contributed by atoms with E-state index in [-0.39, 0.29) is 17.5 Å². The minimum Gasteiger partial charge on any atom is -0.508 e. The number of phenolic OH excluding ortho intramolecular Hbond substituents is 1. The number of rotatable bonds is 7. The number of ketones is 1. The zero-order valence-corrected chi connectivity index (χ0v) is 19.9. The molecule has 0 spiro atoms. The van der Waals surface area contributed by atoms with Crippen LogP contribution < -0.4 is 5.32 Å². The summed E-state index contributed by atoms with van der Waals surface area (Å²) >= 11 is 3.38. The molecule has 2 aromatic rings. The van der Waals surface area contributed by atoms with Crippen LogP contribution in [0.15, 0.2) is 64.3 Å². The highest BCUT2D eigenvalue weighted by molar-refractivity contribution is 7.99. The van der Waals surface area contributed by atoms with Crippen molar-refractivity contribution >= 4 is 34.9 Å². The molecule has 0 saturated heterocycles. The van der Waals surface area contributed by atoms with E-state index >= 15 is 0 Å². The molecule has 1 aromatic heterocycles. The van der Waals surface area contributed by atoms with Gasteiger partial charge in [0.05, 0.1) is 5.57 Å². The summed E-state index contributed by atoms with van der Waals surface area (Å²) in [6.07, 6.45) is 1.12. The number of ether oxygens (including phenoxy) is 1. The molecule has 168 valence electrons. The molecule has 2 unspecified atom stereocenters. The van der Waals surface area contributed by atoms with E-state index in [2.05, 4.69) is 18.3 Å². The van der Waals surface area contributed by atoms with Gasteiger partial charge in [0.15, 0.2) is 5.78 Å². The van der Waals surface area contributed by atoms with Gasteiger partial charge in [-0.25, -0.2) is 4.79 Å². The van der Waals surface area contributed by atoms with E-state index in [4.69, 9.17) is 4.74 Å². The third-order valence-corrected chi connectivity index (χ3v) is 7.76. The maximum absolute atomic E-state index is 13.4. The Kier molecular flexibility index (Phi) is 7.06. The number of nitrogens with one attached hydrogen (secondary N) is 1. The number of carbonyl (C=O) groups is 2. The molecule has 1 aromatic carbocycles. The van der Waals surface area contributed by atoms with Crippen LogP contribution in [-0.2, 0) is 14.3 Å². The lowest BCUT2D eigenvalue weighted by molar-refractivity contribution is -0.138. The van der Waals surface area contributed by atoms with E-state index in [1.165, 1.54) is 4.88 Å². The van der Waals surface area contributed by atoms with E-state index in [0.717, 1.165) is 22.8 Å². The largest absolute Gasteiger partial charge is 0.508 e. The van der Waals surface area contributed by atoms with Crippen molar-refractivity contribution in [3.63, 3.8) is 0 Å². The molecule has 2 aliphatic rings. The highest BCUT2D eigenvalue weighted by atomic mass is 32.2. The van der Waals surface area contributed by atoms with Crippen LogP contribution in [0.25, 0.3) is 0 Å². The molecule has 0 amide bonds. The first-order chi connectivity index (χ1) is 15.5. The van der Waals surface area contributed by atoms with E-state index in [9.17, 15) is 14.7 Å². The highest BCUT2D eigenvalue weighted by Gasteiger charge is 2.41. The lowest BCUT2D eigenvalue weighted by Gasteiger charge is -2.36. The van der Waals surface area contributed by atoms with Crippen LogP contribution in [0.3, 0.4) is 0 Å². The highest BCUT2D eigenvalue weighted by Crippen LogP contribution is 2.46. The Morgan fingerprint density at radius 3 is 2.84 bits per heavy atom. The maximum Gasteiger partial charge on any atom is 0.336 e. The van der Waals surface area contributed by atoms with E-state index in [1.807, 2.05) is 24.4 Å². The zero-order chi connectivity index (χ0) is 22.7. The van der Waals surface area contributed by atoms with Gasteiger partial charge in [0.25, 0.3) is 0 Å². The van der Waals surface area contributed by atoms with Gasteiger partial charge >= 0.3 is 5.97 Å². The minimum absolute atomic E-state index is 0.0323. The second kappa shape index (κ2) is 9.96. The van der Waals surface area contributed by atoms with Gasteiger partial charge in [-0.1, -0.05) is 25.1 Å². The van der Waals surface area contributed by atoms with E-state index < -0.39 is 11.9 Å². The molecule has 32 heavy (non-hydrogen) atoms. The van der Waals surface area contributed by atoms with Crippen molar-refractivity contribution in [3.05, 3.63) is 74.8 Å². The summed E-state index contributed by atoms with van der Waals surface area (Å²) < 4.78 is 5.58. The number of benzene rings is 1. The number of hydrogen-bond acceptors (Lipinski definition) is 7. The van der Waals surface area contributed by atoms with Crippen molar-refractivity contribution in [2.75, 3.05) is 18.1 Å². The molecule has 7 heteroatoms. The fourth-order valence-electron chi connectivity index (χ4n) is 4.49. The lowest BCUT2D eigenvalue weighted by Crippen LogP contribution is -2.36. The Labute approximate surface area is 196 Å². The second-order valence-electron chi connectivity index (χ2n) is 7.96. The van der Waals surface area contributed by atoms with Gasteiger partial charge in [-0.15, -0.1) is 11.3 Å². The number of phenols is 1. The Morgan fingerprint density at radius 2 is 2.12 bits per heavy atom. The molecule has 0 bridgehead atoms. The smallest absolute Gasteiger partial charge is 0.336 e. The first-order valence-electron chi connectivity index (χ1n) is 10.8. The summed E-state index contributed by atoms with van der Waals surface area (Å²) in [6, 6.07) is 10.9. The average Bonchev–Trinajstić information content (AvgIpc) is 3.30. The van der Waals surface area contributed by atoms with Crippen LogP contribution in [0.4, 0.5) is 0 Å². The summed E-state index contributed by atoms with van der Waals surface area (Å²) in [5.41, 5.74) is 3.34. The number of hydrogen-bond donors (Lipinski definition) is 2.